The number of carbonyl (C=O) groups excluding carboxylic acids is 1. The Morgan fingerprint density at radius 2 is 2.21 bits per heavy atom. The van der Waals surface area contributed by atoms with Crippen LogP contribution in [0.15, 0.2) is 12.5 Å². The fraction of sp³-hybridized carbons (Fsp3) is 0.615. The van der Waals surface area contributed by atoms with Gasteiger partial charge in [-0.2, -0.15) is 0 Å². The highest BCUT2D eigenvalue weighted by atomic mass is 16.5. The maximum Gasteiger partial charge on any atom is 0.343 e. The van der Waals surface area contributed by atoms with Crippen molar-refractivity contribution < 1.29 is 14.3 Å². The average Bonchev–Trinajstić information content (AvgIpc) is 2.42. The molecule has 0 spiro atoms. The topological polar surface area (TPSA) is 73.3 Å². The molecule has 19 heavy (non-hydrogen) atoms. The van der Waals surface area contributed by atoms with Crippen molar-refractivity contribution in [3.8, 4) is 0 Å². The van der Waals surface area contributed by atoms with Gasteiger partial charge in [-0.15, -0.1) is 0 Å². The van der Waals surface area contributed by atoms with Crippen molar-refractivity contribution in [2.75, 3.05) is 19.5 Å². The summed E-state index contributed by atoms with van der Waals surface area (Å²) in [5, 5.41) is 3.28. The second-order valence-corrected chi connectivity index (χ2v) is 5.25. The lowest BCUT2D eigenvalue weighted by Crippen LogP contribution is -2.57. The van der Waals surface area contributed by atoms with E-state index in [-0.39, 0.29) is 17.6 Å². The molecule has 1 N–H and O–H groups in total. The molecule has 1 fully saturated rings. The Bertz CT molecular complexity index is 476. The van der Waals surface area contributed by atoms with Gasteiger partial charge in [-0.1, -0.05) is 13.8 Å². The van der Waals surface area contributed by atoms with Crippen LogP contribution in [0.25, 0.3) is 0 Å². The minimum absolute atomic E-state index is 0.00686. The average molecular weight is 265 g/mol. The lowest BCUT2D eigenvalue weighted by molar-refractivity contribution is -0.0795. The molecule has 1 aliphatic rings. The number of esters is 1. The predicted octanol–water partition coefficient (Wildman–Crippen LogP) is 1.49. The molecular formula is C13H19N3O3. The van der Waals surface area contributed by atoms with Crippen LogP contribution in [0.3, 0.4) is 0 Å². The van der Waals surface area contributed by atoms with E-state index < -0.39 is 5.97 Å². The predicted molar refractivity (Wildman–Crippen MR) is 70.0 cm³/mol. The maximum atomic E-state index is 11.6. The Labute approximate surface area is 112 Å². The molecule has 6 heteroatoms. The van der Waals surface area contributed by atoms with Crippen LogP contribution in [-0.4, -0.2) is 42.3 Å². The number of nitrogens with zero attached hydrogens (tertiary/aromatic N) is 2. The van der Waals surface area contributed by atoms with Crippen molar-refractivity contribution in [2.24, 2.45) is 5.41 Å². The van der Waals surface area contributed by atoms with Gasteiger partial charge in [0.05, 0.1) is 13.2 Å². The monoisotopic (exact) mass is 265 g/mol. The van der Waals surface area contributed by atoms with Crippen LogP contribution in [0.1, 0.15) is 30.6 Å². The number of hydrogen-bond acceptors (Lipinski definition) is 6. The van der Waals surface area contributed by atoms with E-state index in [9.17, 15) is 4.79 Å². The van der Waals surface area contributed by atoms with Crippen LogP contribution in [0.5, 0.6) is 0 Å². The molecule has 104 valence electrons. The summed E-state index contributed by atoms with van der Waals surface area (Å²) < 4.78 is 10.1. The summed E-state index contributed by atoms with van der Waals surface area (Å²) in [5.74, 6) is 0.0676. The number of carbonyl (C=O) groups is 1. The molecule has 6 nitrogen and oxygen atoms in total. The van der Waals surface area contributed by atoms with E-state index >= 15 is 0 Å². The minimum atomic E-state index is -0.441. The van der Waals surface area contributed by atoms with E-state index in [2.05, 4.69) is 29.1 Å². The number of nitrogens with one attached hydrogen (secondary N) is 1. The highest BCUT2D eigenvalue weighted by molar-refractivity contribution is 5.94. The zero-order chi connectivity index (χ0) is 14.0. The number of rotatable bonds is 4. The van der Waals surface area contributed by atoms with Gasteiger partial charge in [-0.05, 0) is 6.42 Å². The van der Waals surface area contributed by atoms with Crippen LogP contribution in [0, 0.1) is 5.41 Å². The van der Waals surface area contributed by atoms with E-state index in [1.807, 2.05) is 0 Å². The smallest absolute Gasteiger partial charge is 0.343 e. The van der Waals surface area contributed by atoms with Gasteiger partial charge in [0, 0.05) is 24.8 Å². The maximum absolute atomic E-state index is 11.6. The van der Waals surface area contributed by atoms with Crippen LogP contribution < -0.4 is 5.32 Å². The van der Waals surface area contributed by atoms with Gasteiger partial charge < -0.3 is 14.8 Å². The van der Waals surface area contributed by atoms with Gasteiger partial charge in [0.1, 0.15) is 17.7 Å². The fourth-order valence-corrected chi connectivity index (χ4v) is 2.40. The first-order valence-electron chi connectivity index (χ1n) is 6.18. The van der Waals surface area contributed by atoms with E-state index in [0.717, 1.165) is 6.42 Å². The molecule has 1 aromatic heterocycles. The quantitative estimate of drug-likeness (QED) is 0.831. The molecule has 2 atom stereocenters. The van der Waals surface area contributed by atoms with Crippen LogP contribution >= 0.6 is 0 Å². The zero-order valence-corrected chi connectivity index (χ0v) is 11.6. The van der Waals surface area contributed by atoms with Crippen molar-refractivity contribution in [1.29, 1.82) is 0 Å². The van der Waals surface area contributed by atoms with Gasteiger partial charge in [0.15, 0.2) is 0 Å². The number of methoxy groups -OCH3 is 2. The Morgan fingerprint density at radius 3 is 2.79 bits per heavy atom. The summed E-state index contributed by atoms with van der Waals surface area (Å²) in [4.78, 5) is 19.6. The number of anilines is 1. The summed E-state index contributed by atoms with van der Waals surface area (Å²) in [6.45, 7) is 4.25. The van der Waals surface area contributed by atoms with E-state index in [1.54, 1.807) is 7.11 Å². The molecule has 0 saturated heterocycles. The largest absolute Gasteiger partial charge is 0.465 e. The minimum Gasteiger partial charge on any atom is -0.465 e. The first kappa shape index (κ1) is 13.7. The summed E-state index contributed by atoms with van der Waals surface area (Å²) in [5.41, 5.74) is 0.342. The molecule has 0 aliphatic heterocycles. The van der Waals surface area contributed by atoms with Gasteiger partial charge in [-0.3, -0.25) is 0 Å². The van der Waals surface area contributed by atoms with Crippen molar-refractivity contribution >= 4 is 11.8 Å². The summed E-state index contributed by atoms with van der Waals surface area (Å²) in [6.07, 6.45) is 3.97. The fourth-order valence-electron chi connectivity index (χ4n) is 2.40. The lowest BCUT2D eigenvalue weighted by Gasteiger charge is -2.51. The number of ether oxygens (including phenoxy) is 2. The normalized spacial score (nSPS) is 24.4. The SMILES string of the molecule is COC(=O)c1cncnc1NC1CC(OC)C1(C)C. The Morgan fingerprint density at radius 1 is 1.47 bits per heavy atom. The Hall–Kier alpha value is -1.69. The van der Waals surface area contributed by atoms with Gasteiger partial charge in [0.25, 0.3) is 0 Å². The first-order valence-corrected chi connectivity index (χ1v) is 6.18. The summed E-state index contributed by atoms with van der Waals surface area (Å²) >= 11 is 0. The molecule has 0 aromatic carbocycles. The molecule has 1 saturated carbocycles. The van der Waals surface area contributed by atoms with Crippen LogP contribution in [-0.2, 0) is 9.47 Å². The third kappa shape index (κ3) is 2.40. The van der Waals surface area contributed by atoms with Crippen molar-refractivity contribution in [3.63, 3.8) is 0 Å². The molecule has 2 rings (SSSR count). The van der Waals surface area contributed by atoms with Crippen molar-refractivity contribution in [2.45, 2.75) is 32.4 Å². The molecule has 1 aliphatic carbocycles. The highest BCUT2D eigenvalue weighted by Gasteiger charge is 2.49. The molecule has 2 unspecified atom stereocenters. The Balaban J connectivity index is 2.15. The van der Waals surface area contributed by atoms with Crippen LogP contribution in [0.2, 0.25) is 0 Å². The van der Waals surface area contributed by atoms with E-state index in [0.29, 0.717) is 11.4 Å². The molecular weight excluding hydrogens is 246 g/mol. The highest BCUT2D eigenvalue weighted by Crippen LogP contribution is 2.44. The van der Waals surface area contributed by atoms with Gasteiger partial charge in [-0.25, -0.2) is 14.8 Å². The molecule has 1 heterocycles. The van der Waals surface area contributed by atoms with Gasteiger partial charge >= 0.3 is 5.97 Å². The second-order valence-electron chi connectivity index (χ2n) is 5.25. The third-order valence-corrected chi connectivity index (χ3v) is 3.89. The Kier molecular flexibility index (Phi) is 3.71. The molecule has 0 amide bonds. The van der Waals surface area contributed by atoms with Gasteiger partial charge in [0.2, 0.25) is 0 Å². The summed E-state index contributed by atoms with van der Waals surface area (Å²) in [7, 11) is 3.06. The first-order chi connectivity index (χ1) is 9.00. The number of aromatic nitrogens is 2. The molecule has 0 bridgehead atoms. The second kappa shape index (κ2) is 5.13. The standard InChI is InChI=1S/C13H19N3O3/c1-13(2)9(5-10(13)18-3)16-11-8(12(17)19-4)6-14-7-15-11/h6-7,9-10H,5H2,1-4H3,(H,14,15,16). The number of hydrogen-bond donors (Lipinski definition) is 1. The van der Waals surface area contributed by atoms with E-state index in [4.69, 9.17) is 9.47 Å². The molecule has 0 radical (unpaired) electrons. The van der Waals surface area contributed by atoms with Crippen LogP contribution in [0.4, 0.5) is 5.82 Å². The lowest BCUT2D eigenvalue weighted by atomic mass is 9.64. The summed E-state index contributed by atoms with van der Waals surface area (Å²) in [6, 6.07) is 0.204. The van der Waals surface area contributed by atoms with E-state index in [1.165, 1.54) is 19.6 Å². The zero-order valence-electron chi connectivity index (χ0n) is 11.6. The van der Waals surface area contributed by atoms with Crippen molar-refractivity contribution in [1.82, 2.24) is 9.97 Å². The molecule has 1 aromatic rings. The van der Waals surface area contributed by atoms with Crippen molar-refractivity contribution in [3.05, 3.63) is 18.1 Å². The third-order valence-electron chi connectivity index (χ3n) is 3.89.